The molecule has 0 amide bonds. The molecule has 234 valence electrons. The van der Waals surface area contributed by atoms with Crippen LogP contribution in [0.25, 0.3) is 93.2 Å². The Hall–Kier alpha value is -6.50. The number of para-hydroxylation sites is 2. The summed E-state index contributed by atoms with van der Waals surface area (Å²) in [5.41, 5.74) is 8.26. The quantitative estimate of drug-likeness (QED) is 0.185. The maximum Gasteiger partial charge on any atom is 0.164 e. The van der Waals surface area contributed by atoms with Crippen LogP contribution in [0.2, 0.25) is 0 Å². The second kappa shape index (κ2) is 11.6. The maximum atomic E-state index is 5.44. The molecule has 0 aliphatic heterocycles. The number of rotatable bonds is 5. The molecular weight excluding hydrogens is 631 g/mol. The van der Waals surface area contributed by atoms with Crippen LogP contribution in [-0.2, 0) is 0 Å². The van der Waals surface area contributed by atoms with E-state index in [2.05, 4.69) is 108 Å². The average Bonchev–Trinajstić information content (AvgIpc) is 3.74. The third kappa shape index (κ3) is 4.61. The molecule has 0 aliphatic carbocycles. The zero-order valence-corrected chi connectivity index (χ0v) is 27.5. The van der Waals surface area contributed by atoms with E-state index >= 15 is 0 Å². The summed E-state index contributed by atoms with van der Waals surface area (Å²) in [5.74, 6) is 1.92. The van der Waals surface area contributed by atoms with Crippen LogP contribution >= 0.6 is 11.3 Å². The standard InChI is InChI=1S/C44H27N5S/c1-4-14-29(15-5-1)41-46-42(30-16-6-2-7-17-30)48-43(47-41)31-26-24-28(25-27-31)39-37-33-20-10-12-22-35(33)49(32-18-8-3-9-19-32)40(37)38-34-21-11-13-23-36(34)50-44(38)45-39/h1-27H. The van der Waals surface area contributed by atoms with Gasteiger partial charge in [-0.2, -0.15) is 0 Å². The summed E-state index contributed by atoms with van der Waals surface area (Å²) < 4.78 is 3.64. The average molecular weight is 658 g/mol. The number of nitrogens with zero attached hydrogens (tertiary/aromatic N) is 5. The van der Waals surface area contributed by atoms with E-state index in [1.54, 1.807) is 11.3 Å². The molecule has 10 aromatic rings. The first kappa shape index (κ1) is 28.5. The van der Waals surface area contributed by atoms with Crippen LogP contribution in [0.3, 0.4) is 0 Å². The van der Waals surface area contributed by atoms with Crippen molar-refractivity contribution in [3.63, 3.8) is 0 Å². The van der Waals surface area contributed by atoms with Crippen molar-refractivity contribution in [3.05, 3.63) is 164 Å². The molecule has 6 heteroatoms. The Balaban J connectivity index is 1.20. The molecule has 4 heterocycles. The fourth-order valence-corrected chi connectivity index (χ4v) is 8.06. The van der Waals surface area contributed by atoms with Crippen LogP contribution < -0.4 is 0 Å². The van der Waals surface area contributed by atoms with Crippen molar-refractivity contribution in [1.82, 2.24) is 24.5 Å². The first-order chi connectivity index (χ1) is 24.8. The Morgan fingerprint density at radius 3 is 1.54 bits per heavy atom. The molecule has 0 spiro atoms. The summed E-state index contributed by atoms with van der Waals surface area (Å²) in [5, 5.41) is 4.73. The van der Waals surface area contributed by atoms with E-state index in [1.807, 2.05) is 60.7 Å². The van der Waals surface area contributed by atoms with Gasteiger partial charge < -0.3 is 4.57 Å². The molecule has 0 saturated carbocycles. The summed E-state index contributed by atoms with van der Waals surface area (Å²) >= 11 is 1.75. The van der Waals surface area contributed by atoms with E-state index in [-0.39, 0.29) is 0 Å². The highest BCUT2D eigenvalue weighted by atomic mass is 32.1. The molecular formula is C44H27N5S. The first-order valence-electron chi connectivity index (χ1n) is 16.6. The molecule has 0 N–H and O–H groups in total. The third-order valence-corrected chi connectivity index (χ3v) is 10.3. The van der Waals surface area contributed by atoms with Gasteiger partial charge in [0.15, 0.2) is 17.5 Å². The molecule has 0 atom stereocenters. The second-order valence-corrected chi connectivity index (χ2v) is 13.3. The number of benzene rings is 6. The zero-order chi connectivity index (χ0) is 33.0. The lowest BCUT2D eigenvalue weighted by atomic mass is 10.0. The van der Waals surface area contributed by atoms with Crippen LogP contribution in [0.5, 0.6) is 0 Å². The summed E-state index contributed by atoms with van der Waals surface area (Å²) in [6.07, 6.45) is 0. The van der Waals surface area contributed by atoms with Gasteiger partial charge in [0.25, 0.3) is 0 Å². The van der Waals surface area contributed by atoms with Crippen LogP contribution in [0.4, 0.5) is 0 Å². The number of aromatic nitrogens is 5. The van der Waals surface area contributed by atoms with Crippen molar-refractivity contribution in [3.8, 4) is 51.1 Å². The molecule has 10 rings (SSSR count). The van der Waals surface area contributed by atoms with Gasteiger partial charge in [-0.3, -0.25) is 0 Å². The number of hydrogen-bond donors (Lipinski definition) is 0. The van der Waals surface area contributed by atoms with Gasteiger partial charge in [-0.1, -0.05) is 140 Å². The van der Waals surface area contributed by atoms with Crippen LogP contribution in [0.1, 0.15) is 0 Å². The molecule has 50 heavy (non-hydrogen) atoms. The Morgan fingerprint density at radius 1 is 0.400 bits per heavy atom. The minimum absolute atomic E-state index is 0.628. The Kier molecular flexibility index (Phi) is 6.60. The van der Waals surface area contributed by atoms with E-state index in [9.17, 15) is 0 Å². The monoisotopic (exact) mass is 657 g/mol. The number of pyridine rings is 1. The van der Waals surface area contributed by atoms with Gasteiger partial charge >= 0.3 is 0 Å². The SMILES string of the molecule is c1ccc(-c2nc(-c3ccccc3)nc(-c3ccc(-c4nc5sc6ccccc6c5c5c4c4ccccc4n5-c4ccccc4)cc3)n2)cc1. The highest BCUT2D eigenvalue weighted by Crippen LogP contribution is 2.45. The predicted octanol–water partition coefficient (Wildman–Crippen LogP) is 11.4. The minimum Gasteiger partial charge on any atom is -0.308 e. The third-order valence-electron chi connectivity index (χ3n) is 9.27. The number of fused-ring (bicyclic) bond motifs is 7. The smallest absolute Gasteiger partial charge is 0.164 e. The first-order valence-corrected chi connectivity index (χ1v) is 17.4. The minimum atomic E-state index is 0.628. The van der Waals surface area contributed by atoms with Gasteiger partial charge in [0.1, 0.15) is 4.83 Å². The summed E-state index contributed by atoms with van der Waals surface area (Å²) in [6, 6.07) is 56.6. The summed E-state index contributed by atoms with van der Waals surface area (Å²) in [7, 11) is 0. The number of thiophene rings is 1. The van der Waals surface area contributed by atoms with E-state index in [1.165, 1.54) is 26.4 Å². The topological polar surface area (TPSA) is 56.5 Å². The van der Waals surface area contributed by atoms with Gasteiger partial charge in [0, 0.05) is 54.2 Å². The fourth-order valence-electron chi connectivity index (χ4n) is 6.98. The predicted molar refractivity (Wildman–Crippen MR) is 207 cm³/mol. The van der Waals surface area contributed by atoms with Gasteiger partial charge in [0.2, 0.25) is 0 Å². The van der Waals surface area contributed by atoms with Gasteiger partial charge in [-0.05, 0) is 24.3 Å². The summed E-state index contributed by atoms with van der Waals surface area (Å²) in [4.78, 5) is 21.2. The van der Waals surface area contributed by atoms with Crippen molar-refractivity contribution in [2.45, 2.75) is 0 Å². The molecule has 4 aromatic heterocycles. The maximum absolute atomic E-state index is 5.44. The van der Waals surface area contributed by atoms with E-state index in [0.29, 0.717) is 17.5 Å². The van der Waals surface area contributed by atoms with Crippen molar-refractivity contribution < 1.29 is 0 Å². The highest BCUT2D eigenvalue weighted by Gasteiger charge is 2.23. The molecule has 0 saturated heterocycles. The fraction of sp³-hybridized carbons (Fsp3) is 0. The molecule has 6 aromatic carbocycles. The van der Waals surface area contributed by atoms with Gasteiger partial charge in [0.05, 0.1) is 16.7 Å². The van der Waals surface area contributed by atoms with Gasteiger partial charge in [-0.25, -0.2) is 19.9 Å². The summed E-state index contributed by atoms with van der Waals surface area (Å²) in [6.45, 7) is 0. The van der Waals surface area contributed by atoms with Crippen LogP contribution in [0.15, 0.2) is 164 Å². The zero-order valence-electron chi connectivity index (χ0n) is 26.7. The normalized spacial score (nSPS) is 11.6. The van der Waals surface area contributed by atoms with Crippen LogP contribution in [0, 0.1) is 0 Å². The molecule has 0 unspecified atom stereocenters. The molecule has 0 aliphatic rings. The van der Waals surface area contributed by atoms with Crippen LogP contribution in [-0.4, -0.2) is 24.5 Å². The largest absolute Gasteiger partial charge is 0.308 e. The van der Waals surface area contributed by atoms with E-state index in [0.717, 1.165) is 49.4 Å². The van der Waals surface area contributed by atoms with E-state index < -0.39 is 0 Å². The van der Waals surface area contributed by atoms with Crippen molar-refractivity contribution in [1.29, 1.82) is 0 Å². The molecule has 0 radical (unpaired) electrons. The van der Waals surface area contributed by atoms with Gasteiger partial charge in [-0.15, -0.1) is 11.3 Å². The Morgan fingerprint density at radius 2 is 0.900 bits per heavy atom. The lowest BCUT2D eigenvalue weighted by Crippen LogP contribution is -2.00. The van der Waals surface area contributed by atoms with Crippen molar-refractivity contribution in [2.75, 3.05) is 0 Å². The Bertz CT molecular complexity index is 2780. The molecule has 0 bridgehead atoms. The second-order valence-electron chi connectivity index (χ2n) is 12.3. The molecule has 0 fully saturated rings. The molecule has 5 nitrogen and oxygen atoms in total. The lowest BCUT2D eigenvalue weighted by Gasteiger charge is -2.11. The lowest BCUT2D eigenvalue weighted by molar-refractivity contribution is 1.07. The highest BCUT2D eigenvalue weighted by molar-refractivity contribution is 7.25. The van der Waals surface area contributed by atoms with Crippen molar-refractivity contribution >= 4 is 53.4 Å². The Labute approximate surface area is 291 Å². The van der Waals surface area contributed by atoms with E-state index in [4.69, 9.17) is 19.9 Å². The number of hydrogen-bond acceptors (Lipinski definition) is 5. The van der Waals surface area contributed by atoms with Crippen molar-refractivity contribution in [2.24, 2.45) is 0 Å².